The molecule has 0 radical (unpaired) electrons. The van der Waals surface area contributed by atoms with Crippen LogP contribution < -0.4 is 15.5 Å². The topological polar surface area (TPSA) is 115 Å². The SMILES string of the molecule is CCOC(=O)NN(C(=O)OCC)C(Nc1ccc(OC)cc1)C(=O)OCC. The van der Waals surface area contributed by atoms with Gasteiger partial charge in [0.1, 0.15) is 5.75 Å². The fourth-order valence-corrected chi connectivity index (χ4v) is 1.97. The molecule has 2 N–H and O–H groups in total. The summed E-state index contributed by atoms with van der Waals surface area (Å²) in [5, 5.41) is 3.51. The lowest BCUT2D eigenvalue weighted by Gasteiger charge is -2.29. The summed E-state index contributed by atoms with van der Waals surface area (Å²) in [6.45, 7) is 5.02. The minimum atomic E-state index is -1.39. The maximum absolute atomic E-state index is 12.4. The molecule has 2 amide bonds. The Hall–Kier alpha value is -3.17. The molecular weight excluding hydrogens is 358 g/mol. The van der Waals surface area contributed by atoms with Gasteiger partial charge in [-0.15, -0.1) is 0 Å². The molecule has 0 heterocycles. The normalized spacial score (nSPS) is 11.0. The molecule has 1 rings (SSSR count). The van der Waals surface area contributed by atoms with E-state index in [-0.39, 0.29) is 19.8 Å². The van der Waals surface area contributed by atoms with Crippen LogP contribution in [-0.4, -0.2) is 56.3 Å². The minimum absolute atomic E-state index is 0.0396. The number of hydrogen-bond donors (Lipinski definition) is 2. The van der Waals surface area contributed by atoms with Crippen LogP contribution in [0.25, 0.3) is 0 Å². The van der Waals surface area contributed by atoms with Crippen LogP contribution in [0.4, 0.5) is 15.3 Å². The number of anilines is 1. The molecule has 1 aromatic carbocycles. The average molecular weight is 383 g/mol. The van der Waals surface area contributed by atoms with Gasteiger partial charge in [0.15, 0.2) is 0 Å². The van der Waals surface area contributed by atoms with E-state index < -0.39 is 24.3 Å². The highest BCUT2D eigenvalue weighted by Gasteiger charge is 2.34. The van der Waals surface area contributed by atoms with Crippen molar-refractivity contribution < 1.29 is 33.3 Å². The van der Waals surface area contributed by atoms with E-state index in [2.05, 4.69) is 10.7 Å². The van der Waals surface area contributed by atoms with Gasteiger partial charge in [0, 0.05) is 5.69 Å². The van der Waals surface area contributed by atoms with Gasteiger partial charge < -0.3 is 24.3 Å². The van der Waals surface area contributed by atoms with Crippen LogP contribution in [0.5, 0.6) is 5.75 Å². The van der Waals surface area contributed by atoms with E-state index in [1.54, 1.807) is 45.0 Å². The molecule has 10 nitrogen and oxygen atoms in total. The van der Waals surface area contributed by atoms with Crippen LogP contribution in [0, 0.1) is 0 Å². The van der Waals surface area contributed by atoms with E-state index in [1.807, 2.05) is 0 Å². The summed E-state index contributed by atoms with van der Waals surface area (Å²) >= 11 is 0. The number of methoxy groups -OCH3 is 1. The molecule has 0 aliphatic carbocycles. The van der Waals surface area contributed by atoms with Gasteiger partial charge in [-0.25, -0.2) is 19.8 Å². The van der Waals surface area contributed by atoms with Crippen molar-refractivity contribution in [1.29, 1.82) is 0 Å². The standard InChI is InChI=1S/C17H25N3O7/c1-5-25-15(21)14(18-12-8-10-13(24-4)11-9-12)20(17(23)27-7-3)19-16(22)26-6-2/h8-11,14,18H,5-7H2,1-4H3,(H,19,22). The number of nitrogens with one attached hydrogen (secondary N) is 2. The molecule has 0 saturated heterocycles. The fraction of sp³-hybridized carbons (Fsp3) is 0.471. The zero-order valence-corrected chi connectivity index (χ0v) is 15.8. The Kier molecular flexibility index (Phi) is 9.27. The zero-order valence-electron chi connectivity index (χ0n) is 15.8. The smallest absolute Gasteiger partial charge is 0.431 e. The second-order valence-corrected chi connectivity index (χ2v) is 4.93. The van der Waals surface area contributed by atoms with Crippen molar-refractivity contribution in [2.24, 2.45) is 0 Å². The second-order valence-electron chi connectivity index (χ2n) is 4.93. The van der Waals surface area contributed by atoms with Crippen molar-refractivity contribution in [2.75, 3.05) is 32.2 Å². The molecule has 0 aliphatic heterocycles. The predicted molar refractivity (Wildman–Crippen MR) is 96.1 cm³/mol. The van der Waals surface area contributed by atoms with Gasteiger partial charge >= 0.3 is 18.2 Å². The number of nitrogens with zero attached hydrogens (tertiary/aromatic N) is 1. The summed E-state index contributed by atoms with van der Waals surface area (Å²) in [6, 6.07) is 6.60. The van der Waals surface area contributed by atoms with Crippen LogP contribution in [0.2, 0.25) is 0 Å². The molecule has 0 saturated carbocycles. The monoisotopic (exact) mass is 383 g/mol. The van der Waals surface area contributed by atoms with Gasteiger partial charge in [-0.2, -0.15) is 5.01 Å². The number of benzene rings is 1. The predicted octanol–water partition coefficient (Wildman–Crippen LogP) is 2.12. The lowest BCUT2D eigenvalue weighted by atomic mass is 10.3. The van der Waals surface area contributed by atoms with Crippen LogP contribution in [0.15, 0.2) is 24.3 Å². The molecule has 0 aromatic heterocycles. The first-order valence-electron chi connectivity index (χ1n) is 8.43. The number of esters is 1. The van der Waals surface area contributed by atoms with Gasteiger partial charge in [-0.1, -0.05) is 0 Å². The molecule has 1 unspecified atom stereocenters. The maximum atomic E-state index is 12.4. The zero-order chi connectivity index (χ0) is 20.2. The third-order valence-electron chi connectivity index (χ3n) is 3.11. The Morgan fingerprint density at radius 3 is 2.07 bits per heavy atom. The Morgan fingerprint density at radius 2 is 1.56 bits per heavy atom. The van der Waals surface area contributed by atoms with Crippen LogP contribution >= 0.6 is 0 Å². The minimum Gasteiger partial charge on any atom is -0.497 e. The molecular formula is C17H25N3O7. The van der Waals surface area contributed by atoms with Gasteiger partial charge in [-0.3, -0.25) is 0 Å². The van der Waals surface area contributed by atoms with Crippen molar-refractivity contribution >= 4 is 23.8 Å². The third-order valence-corrected chi connectivity index (χ3v) is 3.11. The Morgan fingerprint density at radius 1 is 0.963 bits per heavy atom. The summed E-state index contributed by atoms with van der Waals surface area (Å²) in [5.74, 6) is -0.182. The Bertz CT molecular complexity index is 621. The summed E-state index contributed by atoms with van der Waals surface area (Å²) in [4.78, 5) is 36.5. The molecule has 27 heavy (non-hydrogen) atoms. The molecule has 0 spiro atoms. The van der Waals surface area contributed by atoms with E-state index in [1.165, 1.54) is 7.11 Å². The number of amides is 2. The van der Waals surface area contributed by atoms with Crippen molar-refractivity contribution in [3.8, 4) is 5.75 Å². The van der Waals surface area contributed by atoms with Crippen molar-refractivity contribution in [2.45, 2.75) is 26.9 Å². The number of hydrogen-bond acceptors (Lipinski definition) is 8. The lowest BCUT2D eigenvalue weighted by molar-refractivity contribution is -0.148. The average Bonchev–Trinajstić information content (AvgIpc) is 2.65. The van der Waals surface area contributed by atoms with Gasteiger partial charge in [-0.05, 0) is 45.0 Å². The molecule has 150 valence electrons. The Balaban J connectivity index is 3.13. The molecule has 10 heteroatoms. The van der Waals surface area contributed by atoms with Crippen molar-refractivity contribution in [3.05, 3.63) is 24.3 Å². The van der Waals surface area contributed by atoms with Gasteiger partial charge in [0.05, 0.1) is 26.9 Å². The van der Waals surface area contributed by atoms with E-state index >= 15 is 0 Å². The highest BCUT2D eigenvalue weighted by atomic mass is 16.6. The van der Waals surface area contributed by atoms with Gasteiger partial charge in [0.2, 0.25) is 6.17 Å². The summed E-state index contributed by atoms with van der Waals surface area (Å²) < 4.78 is 19.8. The first-order chi connectivity index (χ1) is 13.0. The van der Waals surface area contributed by atoms with Crippen LogP contribution in [0.3, 0.4) is 0 Å². The summed E-state index contributed by atoms with van der Waals surface area (Å²) in [7, 11) is 1.52. The number of ether oxygens (including phenoxy) is 4. The second kappa shape index (κ2) is 11.4. The number of rotatable bonds is 8. The Labute approximate surface area is 157 Å². The van der Waals surface area contributed by atoms with Crippen molar-refractivity contribution in [3.63, 3.8) is 0 Å². The molecule has 0 aliphatic rings. The molecule has 1 atom stereocenters. The van der Waals surface area contributed by atoms with Gasteiger partial charge in [0.25, 0.3) is 0 Å². The lowest BCUT2D eigenvalue weighted by Crippen LogP contribution is -2.58. The highest BCUT2D eigenvalue weighted by molar-refractivity contribution is 5.85. The summed E-state index contributed by atoms with van der Waals surface area (Å²) in [5.41, 5.74) is 2.67. The largest absolute Gasteiger partial charge is 0.497 e. The highest BCUT2D eigenvalue weighted by Crippen LogP contribution is 2.17. The van der Waals surface area contributed by atoms with E-state index in [0.29, 0.717) is 16.4 Å². The van der Waals surface area contributed by atoms with E-state index in [4.69, 9.17) is 18.9 Å². The molecule has 0 fully saturated rings. The first kappa shape index (κ1) is 21.9. The quantitative estimate of drug-likeness (QED) is 0.304. The first-order valence-corrected chi connectivity index (χ1v) is 8.43. The third kappa shape index (κ3) is 6.92. The van der Waals surface area contributed by atoms with E-state index in [9.17, 15) is 14.4 Å². The number of carbonyl (C=O) groups is 3. The summed E-state index contributed by atoms with van der Waals surface area (Å²) in [6.07, 6.45) is -3.26. The fourth-order valence-electron chi connectivity index (χ4n) is 1.97. The van der Waals surface area contributed by atoms with Crippen molar-refractivity contribution in [1.82, 2.24) is 10.4 Å². The van der Waals surface area contributed by atoms with Crippen LogP contribution in [0.1, 0.15) is 20.8 Å². The van der Waals surface area contributed by atoms with Crippen LogP contribution in [-0.2, 0) is 19.0 Å². The maximum Gasteiger partial charge on any atom is 0.431 e. The molecule has 1 aromatic rings. The number of carbonyl (C=O) groups excluding carboxylic acids is 3. The molecule has 0 bridgehead atoms. The van der Waals surface area contributed by atoms with E-state index in [0.717, 1.165) is 0 Å². The number of hydrazine groups is 1.